The third-order valence-electron chi connectivity index (χ3n) is 5.19. The Kier molecular flexibility index (Phi) is 5.50. The monoisotopic (exact) mass is 424 g/mol. The number of phenolic OH excluding ortho intramolecular Hbond substituents is 1. The molecule has 0 atom stereocenters. The summed E-state index contributed by atoms with van der Waals surface area (Å²) in [7, 11) is 1.43. The van der Waals surface area contributed by atoms with Crippen LogP contribution in [0.3, 0.4) is 0 Å². The third kappa shape index (κ3) is 3.78. The van der Waals surface area contributed by atoms with Crippen LogP contribution in [0.1, 0.15) is 16.7 Å². The highest BCUT2D eigenvalue weighted by molar-refractivity contribution is 8.18. The molecule has 0 bridgehead atoms. The van der Waals surface area contributed by atoms with Gasteiger partial charge in [0.15, 0.2) is 11.5 Å². The van der Waals surface area contributed by atoms with Crippen LogP contribution in [0.25, 0.3) is 6.08 Å². The van der Waals surface area contributed by atoms with E-state index in [1.165, 1.54) is 18.7 Å². The molecular formula is C22H20N2O5S. The molecule has 3 amide bonds. The number of ether oxygens (including phenoxy) is 1. The highest BCUT2D eigenvalue weighted by Crippen LogP contribution is 2.36. The lowest BCUT2D eigenvalue weighted by Gasteiger charge is -2.29. The minimum Gasteiger partial charge on any atom is -0.504 e. The Morgan fingerprint density at radius 2 is 1.93 bits per heavy atom. The third-order valence-corrected chi connectivity index (χ3v) is 6.09. The summed E-state index contributed by atoms with van der Waals surface area (Å²) in [5.74, 6) is -0.659. The fraction of sp³-hybridized carbons (Fsp3) is 0.227. The van der Waals surface area contributed by atoms with Crippen molar-refractivity contribution >= 4 is 34.9 Å². The van der Waals surface area contributed by atoms with Crippen molar-refractivity contribution in [3.8, 4) is 11.5 Å². The molecule has 1 N–H and O–H groups in total. The summed E-state index contributed by atoms with van der Waals surface area (Å²) in [6, 6.07) is 12.8. The van der Waals surface area contributed by atoms with Crippen molar-refractivity contribution in [3.05, 3.63) is 64.1 Å². The minimum absolute atomic E-state index is 0.116. The van der Waals surface area contributed by atoms with Gasteiger partial charge in [0.05, 0.1) is 12.0 Å². The Morgan fingerprint density at radius 3 is 2.70 bits per heavy atom. The second kappa shape index (κ2) is 8.23. The van der Waals surface area contributed by atoms with Gasteiger partial charge in [0, 0.05) is 18.7 Å². The van der Waals surface area contributed by atoms with Gasteiger partial charge in [-0.1, -0.05) is 36.4 Å². The second-order valence-corrected chi connectivity index (χ2v) is 7.99. The summed E-state index contributed by atoms with van der Waals surface area (Å²) >= 11 is 0.752. The average molecular weight is 424 g/mol. The fourth-order valence-corrected chi connectivity index (χ4v) is 4.37. The second-order valence-electron chi connectivity index (χ2n) is 7.00. The van der Waals surface area contributed by atoms with Gasteiger partial charge < -0.3 is 14.7 Å². The van der Waals surface area contributed by atoms with Crippen molar-refractivity contribution in [2.45, 2.75) is 13.0 Å². The van der Waals surface area contributed by atoms with Crippen LogP contribution in [-0.2, 0) is 22.6 Å². The first-order chi connectivity index (χ1) is 14.5. The normalized spacial score (nSPS) is 17.4. The van der Waals surface area contributed by atoms with E-state index in [1.807, 2.05) is 24.3 Å². The van der Waals surface area contributed by atoms with E-state index in [1.54, 1.807) is 23.1 Å². The van der Waals surface area contributed by atoms with Crippen LogP contribution < -0.4 is 4.74 Å². The molecule has 0 spiro atoms. The number of hydrogen-bond acceptors (Lipinski definition) is 6. The number of hydrogen-bond donors (Lipinski definition) is 1. The molecule has 8 heteroatoms. The zero-order valence-electron chi connectivity index (χ0n) is 16.3. The molecule has 154 valence electrons. The number of methoxy groups -OCH3 is 1. The number of carbonyl (C=O) groups is 3. The van der Waals surface area contributed by atoms with Crippen molar-refractivity contribution in [3.63, 3.8) is 0 Å². The summed E-state index contributed by atoms with van der Waals surface area (Å²) in [5, 5.41) is 9.71. The smallest absolute Gasteiger partial charge is 0.294 e. The number of aromatic hydroxyl groups is 1. The predicted molar refractivity (Wildman–Crippen MR) is 113 cm³/mol. The largest absolute Gasteiger partial charge is 0.504 e. The summed E-state index contributed by atoms with van der Waals surface area (Å²) < 4.78 is 5.07. The quantitative estimate of drug-likeness (QED) is 0.760. The van der Waals surface area contributed by atoms with Gasteiger partial charge in [-0.3, -0.25) is 19.3 Å². The van der Waals surface area contributed by atoms with Crippen molar-refractivity contribution in [2.75, 3.05) is 20.2 Å². The van der Waals surface area contributed by atoms with E-state index in [0.29, 0.717) is 18.7 Å². The maximum absolute atomic E-state index is 12.8. The Bertz CT molecular complexity index is 1070. The van der Waals surface area contributed by atoms with E-state index in [4.69, 9.17) is 4.74 Å². The molecule has 0 aliphatic carbocycles. The lowest BCUT2D eigenvalue weighted by Crippen LogP contribution is -2.44. The summed E-state index contributed by atoms with van der Waals surface area (Å²) in [6.45, 7) is 0.729. The molecule has 0 radical (unpaired) electrons. The number of para-hydroxylation sites is 1. The van der Waals surface area contributed by atoms with E-state index in [2.05, 4.69) is 0 Å². The predicted octanol–water partition coefficient (Wildman–Crippen LogP) is 3.02. The molecule has 4 rings (SSSR count). The molecule has 0 unspecified atom stereocenters. The first-order valence-electron chi connectivity index (χ1n) is 9.44. The van der Waals surface area contributed by atoms with Crippen LogP contribution in [-0.4, -0.2) is 52.2 Å². The molecule has 0 aromatic heterocycles. The fourth-order valence-electron chi connectivity index (χ4n) is 3.54. The molecule has 0 saturated carbocycles. The molecule has 1 fully saturated rings. The van der Waals surface area contributed by atoms with Crippen LogP contribution in [0.15, 0.2) is 47.4 Å². The Morgan fingerprint density at radius 1 is 1.17 bits per heavy atom. The number of thioether (sulfide) groups is 1. The van der Waals surface area contributed by atoms with E-state index in [-0.39, 0.29) is 28.9 Å². The minimum atomic E-state index is -0.544. The standard InChI is InChI=1S/C22H20N2O5S/c1-29-17-8-4-7-15(20(17)26)11-18-21(27)24(22(28)30-18)13-19(25)23-10-9-14-5-2-3-6-16(14)12-23/h2-8,11,26H,9-10,12-13H2,1H3/b18-11+. The van der Waals surface area contributed by atoms with Gasteiger partial charge in [-0.15, -0.1) is 0 Å². The Hall–Kier alpha value is -3.26. The van der Waals surface area contributed by atoms with Crippen LogP contribution in [0.2, 0.25) is 0 Å². The molecule has 2 aliphatic rings. The van der Waals surface area contributed by atoms with Crippen molar-refractivity contribution in [1.29, 1.82) is 0 Å². The van der Waals surface area contributed by atoms with Gasteiger partial charge in [-0.2, -0.15) is 0 Å². The Labute approximate surface area is 177 Å². The van der Waals surface area contributed by atoms with Crippen LogP contribution in [0, 0.1) is 0 Å². The topological polar surface area (TPSA) is 87.2 Å². The van der Waals surface area contributed by atoms with E-state index in [0.717, 1.165) is 28.6 Å². The average Bonchev–Trinajstić information content (AvgIpc) is 3.02. The number of benzene rings is 2. The van der Waals surface area contributed by atoms with E-state index in [9.17, 15) is 19.5 Å². The molecule has 2 aliphatic heterocycles. The van der Waals surface area contributed by atoms with Gasteiger partial charge in [0.25, 0.3) is 11.1 Å². The summed E-state index contributed by atoms with van der Waals surface area (Å²) in [6.07, 6.45) is 2.18. The van der Waals surface area contributed by atoms with Gasteiger partial charge in [-0.05, 0) is 41.5 Å². The molecule has 30 heavy (non-hydrogen) atoms. The van der Waals surface area contributed by atoms with Crippen molar-refractivity contribution in [2.24, 2.45) is 0 Å². The number of fused-ring (bicyclic) bond motifs is 1. The Balaban J connectivity index is 1.48. The molecule has 2 aromatic rings. The van der Waals surface area contributed by atoms with Gasteiger partial charge >= 0.3 is 0 Å². The number of carbonyl (C=O) groups excluding carboxylic acids is 3. The SMILES string of the molecule is COc1cccc(/C=C2/SC(=O)N(CC(=O)N3CCc4ccccc4C3)C2=O)c1O. The summed E-state index contributed by atoms with van der Waals surface area (Å²) in [5.41, 5.74) is 2.66. The highest BCUT2D eigenvalue weighted by Gasteiger charge is 2.37. The maximum atomic E-state index is 12.8. The zero-order valence-corrected chi connectivity index (χ0v) is 17.1. The van der Waals surface area contributed by atoms with Crippen LogP contribution in [0.4, 0.5) is 4.79 Å². The van der Waals surface area contributed by atoms with Crippen LogP contribution in [0.5, 0.6) is 11.5 Å². The number of amides is 3. The first kappa shape index (κ1) is 20.0. The summed E-state index contributed by atoms with van der Waals surface area (Å²) in [4.78, 5) is 40.6. The zero-order chi connectivity index (χ0) is 21.3. The lowest BCUT2D eigenvalue weighted by molar-refractivity contribution is -0.136. The van der Waals surface area contributed by atoms with Gasteiger partial charge in [0.1, 0.15) is 6.54 Å². The molecule has 7 nitrogen and oxygen atoms in total. The van der Waals surface area contributed by atoms with E-state index < -0.39 is 11.1 Å². The number of imide groups is 1. The maximum Gasteiger partial charge on any atom is 0.294 e. The van der Waals surface area contributed by atoms with Crippen molar-refractivity contribution < 1.29 is 24.2 Å². The number of nitrogens with zero attached hydrogens (tertiary/aromatic N) is 2. The van der Waals surface area contributed by atoms with Gasteiger partial charge in [0.2, 0.25) is 5.91 Å². The molecule has 1 saturated heterocycles. The van der Waals surface area contributed by atoms with E-state index >= 15 is 0 Å². The highest BCUT2D eigenvalue weighted by atomic mass is 32.2. The van der Waals surface area contributed by atoms with Crippen LogP contribution >= 0.6 is 11.8 Å². The molecule has 2 aromatic carbocycles. The lowest BCUT2D eigenvalue weighted by atomic mass is 10.00. The number of rotatable bonds is 4. The molecular weight excluding hydrogens is 404 g/mol. The van der Waals surface area contributed by atoms with Gasteiger partial charge in [-0.25, -0.2) is 0 Å². The van der Waals surface area contributed by atoms with Crippen molar-refractivity contribution in [1.82, 2.24) is 9.80 Å². The number of phenols is 1. The molecule has 2 heterocycles. The first-order valence-corrected chi connectivity index (χ1v) is 10.3.